The highest BCUT2D eigenvalue weighted by molar-refractivity contribution is 6.35. The van der Waals surface area contributed by atoms with Gasteiger partial charge in [0, 0.05) is 56.5 Å². The Labute approximate surface area is 259 Å². The topological polar surface area (TPSA) is 140 Å². The fourth-order valence-corrected chi connectivity index (χ4v) is 6.63. The molecule has 226 valence electrons. The molecule has 11 nitrogen and oxygen atoms in total. The number of allylic oxidation sites excluding steroid dienone is 3. The molecule has 3 N–H and O–H groups in total. The number of aromatic nitrogens is 3. The van der Waals surface area contributed by atoms with E-state index in [9.17, 15) is 19.2 Å². The number of carbonyl (C=O) groups is 4. The van der Waals surface area contributed by atoms with Crippen molar-refractivity contribution in [1.29, 1.82) is 0 Å². The molecule has 1 aromatic carbocycles. The first kappa shape index (κ1) is 29.3. The van der Waals surface area contributed by atoms with Crippen LogP contribution in [0.25, 0.3) is 10.9 Å². The van der Waals surface area contributed by atoms with E-state index in [1.807, 2.05) is 24.3 Å². The normalized spacial score (nSPS) is 24.2. The molecule has 4 heterocycles. The Kier molecular flexibility index (Phi) is 7.81. The van der Waals surface area contributed by atoms with E-state index in [4.69, 9.17) is 11.6 Å². The van der Waals surface area contributed by atoms with Crippen LogP contribution in [0.1, 0.15) is 42.4 Å². The fourth-order valence-electron chi connectivity index (χ4n) is 6.35. The van der Waals surface area contributed by atoms with Gasteiger partial charge in [0.1, 0.15) is 5.54 Å². The highest BCUT2D eigenvalue weighted by Crippen LogP contribution is 2.36. The second-order valence-electron chi connectivity index (χ2n) is 11.6. The number of halogens is 1. The average Bonchev–Trinajstić information content (AvgIpc) is 3.55. The Morgan fingerprint density at radius 1 is 1.23 bits per heavy atom. The third-order valence-corrected chi connectivity index (χ3v) is 9.03. The summed E-state index contributed by atoms with van der Waals surface area (Å²) in [6, 6.07) is 5.16. The van der Waals surface area contributed by atoms with Crippen molar-refractivity contribution in [2.75, 3.05) is 7.05 Å². The zero-order valence-corrected chi connectivity index (χ0v) is 25.0. The number of hydrogen-bond acceptors (Lipinski definition) is 6. The van der Waals surface area contributed by atoms with E-state index >= 15 is 0 Å². The van der Waals surface area contributed by atoms with Gasteiger partial charge in [0.15, 0.2) is 0 Å². The zero-order chi connectivity index (χ0) is 31.0. The summed E-state index contributed by atoms with van der Waals surface area (Å²) in [6.07, 6.45) is 11.8. The van der Waals surface area contributed by atoms with Crippen LogP contribution in [0.3, 0.4) is 0 Å². The summed E-state index contributed by atoms with van der Waals surface area (Å²) >= 11 is 6.57. The Morgan fingerprint density at radius 3 is 2.77 bits per heavy atom. The number of aromatic amines is 1. The van der Waals surface area contributed by atoms with E-state index in [2.05, 4.69) is 32.4 Å². The molecule has 2 atom stereocenters. The Hall–Kier alpha value is -4.77. The van der Waals surface area contributed by atoms with Gasteiger partial charge in [-0.3, -0.25) is 29.8 Å². The van der Waals surface area contributed by atoms with Crippen LogP contribution < -0.4 is 10.6 Å². The summed E-state index contributed by atoms with van der Waals surface area (Å²) in [7, 11) is 1.60. The van der Waals surface area contributed by atoms with Crippen LogP contribution in [-0.2, 0) is 33.9 Å². The van der Waals surface area contributed by atoms with Crippen molar-refractivity contribution in [2.24, 2.45) is 5.92 Å². The predicted molar refractivity (Wildman–Crippen MR) is 164 cm³/mol. The molecule has 0 radical (unpaired) electrons. The highest BCUT2D eigenvalue weighted by Gasteiger charge is 2.50. The van der Waals surface area contributed by atoms with Crippen molar-refractivity contribution in [3.05, 3.63) is 94.6 Å². The number of amides is 5. The molecule has 1 fully saturated rings. The van der Waals surface area contributed by atoms with Crippen LogP contribution in [0.4, 0.5) is 4.79 Å². The number of pyridine rings is 1. The average molecular weight is 614 g/mol. The molecule has 1 saturated heterocycles. The van der Waals surface area contributed by atoms with E-state index < -0.39 is 17.5 Å². The van der Waals surface area contributed by atoms with Gasteiger partial charge in [0.05, 0.1) is 22.7 Å². The van der Waals surface area contributed by atoms with Gasteiger partial charge in [0.25, 0.3) is 5.91 Å². The molecule has 2 aromatic heterocycles. The first-order valence-electron chi connectivity index (χ1n) is 14.4. The molecule has 12 heteroatoms. The summed E-state index contributed by atoms with van der Waals surface area (Å²) in [6.45, 7) is 4.79. The van der Waals surface area contributed by atoms with Crippen molar-refractivity contribution in [2.45, 2.75) is 50.7 Å². The Balaban J connectivity index is 1.23. The molecule has 2 aliphatic heterocycles. The number of imide groups is 1. The van der Waals surface area contributed by atoms with Gasteiger partial charge in [-0.25, -0.2) is 4.79 Å². The second-order valence-corrected chi connectivity index (χ2v) is 12.0. The standard InChI is InChI=1S/C32H32ClN7O4/c1-19-5-6-23(4-3-9-32(15-19)30(43)37-31(44)39(32)2)36-27(41)14-22-12-21-13-26(33)28-24(16-35-38-28)25(21)18-40(29(22)42)17-20-7-10-34-11-8-20/h4-8,10-11,13,16,22H,1,3,9,12,14-15,17-18H2,2H3,(H,35,38)(H,36,41)(H,37,43,44)/b6-5-,23-4+/t22-,32?/m0/s1. The number of H-pyrrole nitrogens is 1. The molecule has 5 amide bonds. The van der Waals surface area contributed by atoms with E-state index in [1.54, 1.807) is 42.7 Å². The van der Waals surface area contributed by atoms with E-state index in [1.165, 1.54) is 4.90 Å². The highest BCUT2D eigenvalue weighted by atomic mass is 35.5. The van der Waals surface area contributed by atoms with Gasteiger partial charge in [0.2, 0.25) is 11.8 Å². The zero-order valence-electron chi connectivity index (χ0n) is 24.2. The molecule has 0 bridgehead atoms. The third-order valence-electron chi connectivity index (χ3n) is 8.74. The Bertz CT molecular complexity index is 1750. The molecule has 1 unspecified atom stereocenters. The van der Waals surface area contributed by atoms with E-state index in [-0.39, 0.29) is 30.6 Å². The summed E-state index contributed by atoms with van der Waals surface area (Å²) in [4.78, 5) is 59.7. The predicted octanol–water partition coefficient (Wildman–Crippen LogP) is 3.92. The SMILES string of the molecule is C=C1/C=C\C(NC(=O)C[C@@H]2Cc3cc(Cl)c4[nH]ncc4c3CN(Cc3ccncc3)C2=O)=C/CCC2(C1)C(=O)NC(=O)N2C. The summed E-state index contributed by atoms with van der Waals surface area (Å²) < 4.78 is 0. The Morgan fingerprint density at radius 2 is 2.02 bits per heavy atom. The van der Waals surface area contributed by atoms with Crippen LogP contribution in [0.2, 0.25) is 5.02 Å². The maximum Gasteiger partial charge on any atom is 0.324 e. The number of urea groups is 1. The molecular formula is C32H32ClN7O4. The first-order valence-corrected chi connectivity index (χ1v) is 14.8. The fraction of sp³-hybridized carbons (Fsp3) is 0.312. The number of likely N-dealkylation sites (N-methyl/N-ethyl adjacent to an activating group) is 1. The molecule has 0 saturated carbocycles. The molecule has 1 aliphatic carbocycles. The lowest BCUT2D eigenvalue weighted by Crippen LogP contribution is -2.47. The summed E-state index contributed by atoms with van der Waals surface area (Å²) in [5.74, 6) is -1.42. The lowest BCUT2D eigenvalue weighted by molar-refractivity contribution is -0.139. The van der Waals surface area contributed by atoms with Crippen molar-refractivity contribution in [3.63, 3.8) is 0 Å². The number of nitrogens with zero attached hydrogens (tertiary/aromatic N) is 4. The van der Waals surface area contributed by atoms with E-state index in [0.29, 0.717) is 54.2 Å². The number of benzene rings is 1. The largest absolute Gasteiger partial charge is 0.334 e. The number of carbonyl (C=O) groups excluding carboxylic acids is 4. The van der Waals surface area contributed by atoms with Crippen molar-refractivity contribution in [3.8, 4) is 0 Å². The maximum absolute atomic E-state index is 14.0. The number of fused-ring (bicyclic) bond motifs is 3. The van der Waals surface area contributed by atoms with Crippen LogP contribution >= 0.6 is 11.6 Å². The molecule has 3 aromatic rings. The first-order chi connectivity index (χ1) is 21.1. The van der Waals surface area contributed by atoms with Crippen LogP contribution in [-0.4, -0.2) is 61.3 Å². The summed E-state index contributed by atoms with van der Waals surface area (Å²) in [5.41, 5.74) is 3.66. The van der Waals surface area contributed by atoms with Gasteiger partial charge >= 0.3 is 6.03 Å². The van der Waals surface area contributed by atoms with Crippen LogP contribution in [0.15, 0.2) is 72.9 Å². The van der Waals surface area contributed by atoms with Crippen LogP contribution in [0, 0.1) is 5.92 Å². The smallest absolute Gasteiger partial charge is 0.324 e. The molecule has 1 spiro atoms. The lowest BCUT2D eigenvalue weighted by Gasteiger charge is -2.32. The minimum Gasteiger partial charge on any atom is -0.334 e. The molecular weight excluding hydrogens is 582 g/mol. The van der Waals surface area contributed by atoms with Crippen LogP contribution in [0.5, 0.6) is 0 Å². The van der Waals surface area contributed by atoms with Gasteiger partial charge in [-0.15, -0.1) is 0 Å². The van der Waals surface area contributed by atoms with Gasteiger partial charge < -0.3 is 15.1 Å². The second kappa shape index (κ2) is 11.7. The minimum atomic E-state index is -1.03. The summed E-state index contributed by atoms with van der Waals surface area (Å²) in [5, 5.41) is 13.8. The molecule has 6 rings (SSSR count). The molecule has 44 heavy (non-hydrogen) atoms. The quantitative estimate of drug-likeness (QED) is 0.373. The third kappa shape index (κ3) is 5.50. The maximum atomic E-state index is 14.0. The van der Waals surface area contributed by atoms with Crippen molar-refractivity contribution in [1.82, 2.24) is 35.6 Å². The number of hydrogen-bond donors (Lipinski definition) is 3. The monoisotopic (exact) mass is 613 g/mol. The lowest BCUT2D eigenvalue weighted by atomic mass is 9.85. The number of nitrogens with one attached hydrogen (secondary N) is 3. The molecule has 3 aliphatic rings. The number of rotatable bonds is 5. The van der Waals surface area contributed by atoms with E-state index in [0.717, 1.165) is 22.1 Å². The van der Waals surface area contributed by atoms with Gasteiger partial charge in [-0.05, 0) is 60.2 Å². The minimum absolute atomic E-state index is 0.0398. The van der Waals surface area contributed by atoms with Crippen molar-refractivity contribution < 1.29 is 19.2 Å². The van der Waals surface area contributed by atoms with Gasteiger partial charge in [-0.1, -0.05) is 35.9 Å². The van der Waals surface area contributed by atoms with Crippen molar-refractivity contribution >= 4 is 46.3 Å². The van der Waals surface area contributed by atoms with Gasteiger partial charge in [-0.2, -0.15) is 5.10 Å².